The number of benzene rings is 1. The summed E-state index contributed by atoms with van der Waals surface area (Å²) in [5.41, 5.74) is -0.382. The molecule has 5 nitrogen and oxygen atoms in total. The first-order valence-corrected chi connectivity index (χ1v) is 9.08. The molecule has 0 amide bonds. The van der Waals surface area contributed by atoms with E-state index in [2.05, 4.69) is 15.9 Å². The lowest BCUT2D eigenvalue weighted by Gasteiger charge is -2.27. The predicted molar refractivity (Wildman–Crippen MR) is 94.2 cm³/mol. The standard InChI is InChI=1S/C17H16BrNO4S/c18-12-6-14(24-9-12)17(16(22)23)10-19(8-13(17)15(20)21)7-11-4-2-1-3-5-11/h1-6,9,13H,7-8,10H2,(H,20,21)(H,22,23). The third-order valence-electron chi connectivity index (χ3n) is 4.44. The minimum atomic E-state index is -1.42. The van der Waals surface area contributed by atoms with Crippen molar-refractivity contribution in [2.45, 2.75) is 12.0 Å². The minimum Gasteiger partial charge on any atom is -0.481 e. The lowest BCUT2D eigenvalue weighted by molar-refractivity contribution is -0.153. The average Bonchev–Trinajstić information content (AvgIpc) is 3.13. The van der Waals surface area contributed by atoms with E-state index in [0.717, 1.165) is 10.0 Å². The molecule has 2 heterocycles. The van der Waals surface area contributed by atoms with Crippen LogP contribution < -0.4 is 0 Å². The molecule has 0 bridgehead atoms. The summed E-state index contributed by atoms with van der Waals surface area (Å²) in [5, 5.41) is 21.4. The Bertz CT molecular complexity index is 763. The van der Waals surface area contributed by atoms with Crippen molar-refractivity contribution in [3.63, 3.8) is 0 Å². The van der Waals surface area contributed by atoms with Crippen LogP contribution in [0.3, 0.4) is 0 Å². The first-order chi connectivity index (χ1) is 11.4. The molecule has 0 radical (unpaired) electrons. The van der Waals surface area contributed by atoms with Gasteiger partial charge in [0.25, 0.3) is 0 Å². The summed E-state index contributed by atoms with van der Waals surface area (Å²) in [6, 6.07) is 11.4. The van der Waals surface area contributed by atoms with E-state index in [1.54, 1.807) is 11.4 Å². The molecule has 126 valence electrons. The molecule has 2 N–H and O–H groups in total. The smallest absolute Gasteiger partial charge is 0.317 e. The van der Waals surface area contributed by atoms with Crippen LogP contribution >= 0.6 is 27.3 Å². The van der Waals surface area contributed by atoms with Crippen molar-refractivity contribution in [3.05, 3.63) is 56.7 Å². The molecule has 1 aromatic heterocycles. The number of nitrogens with zero attached hydrogens (tertiary/aromatic N) is 1. The Morgan fingerprint density at radius 3 is 2.54 bits per heavy atom. The highest BCUT2D eigenvalue weighted by Gasteiger charge is 2.57. The fourth-order valence-electron chi connectivity index (χ4n) is 3.31. The Hall–Kier alpha value is -1.70. The van der Waals surface area contributed by atoms with Crippen molar-refractivity contribution >= 4 is 39.2 Å². The molecule has 1 saturated heterocycles. The second-order valence-corrected chi connectivity index (χ2v) is 7.78. The number of thiophene rings is 1. The summed E-state index contributed by atoms with van der Waals surface area (Å²) in [7, 11) is 0. The molecular weight excluding hydrogens is 394 g/mol. The second kappa shape index (κ2) is 6.66. The maximum atomic E-state index is 12.1. The summed E-state index contributed by atoms with van der Waals surface area (Å²) >= 11 is 4.62. The molecule has 1 aliphatic heterocycles. The number of carboxylic acid groups (broad SMARTS) is 2. The number of rotatable bonds is 5. The van der Waals surface area contributed by atoms with E-state index in [1.165, 1.54) is 11.3 Å². The molecule has 2 aromatic rings. The van der Waals surface area contributed by atoms with Crippen molar-refractivity contribution in [1.82, 2.24) is 4.90 Å². The molecule has 1 aromatic carbocycles. The highest BCUT2D eigenvalue weighted by molar-refractivity contribution is 9.10. The SMILES string of the molecule is O=C(O)C1CN(Cc2ccccc2)CC1(C(=O)O)c1cc(Br)cs1. The zero-order valence-electron chi connectivity index (χ0n) is 12.7. The zero-order chi connectivity index (χ0) is 17.3. The minimum absolute atomic E-state index is 0.182. The molecule has 1 fully saturated rings. The molecule has 0 aliphatic carbocycles. The Labute approximate surface area is 151 Å². The Morgan fingerprint density at radius 1 is 1.29 bits per heavy atom. The number of aliphatic carboxylic acids is 2. The van der Waals surface area contributed by atoms with E-state index >= 15 is 0 Å². The number of carboxylic acids is 2. The van der Waals surface area contributed by atoms with Gasteiger partial charge in [0.05, 0.1) is 5.92 Å². The highest BCUT2D eigenvalue weighted by atomic mass is 79.9. The molecular formula is C17H16BrNO4S. The van der Waals surface area contributed by atoms with Gasteiger partial charge in [-0.3, -0.25) is 14.5 Å². The topological polar surface area (TPSA) is 77.8 Å². The van der Waals surface area contributed by atoms with Gasteiger partial charge in [0.15, 0.2) is 0 Å². The monoisotopic (exact) mass is 409 g/mol. The predicted octanol–water partition coefficient (Wildman–Crippen LogP) is 3.05. The maximum Gasteiger partial charge on any atom is 0.317 e. The summed E-state index contributed by atoms with van der Waals surface area (Å²) in [6.07, 6.45) is 0. The Morgan fingerprint density at radius 2 is 2.00 bits per heavy atom. The first-order valence-electron chi connectivity index (χ1n) is 7.40. The lowest BCUT2D eigenvalue weighted by atomic mass is 9.76. The summed E-state index contributed by atoms with van der Waals surface area (Å²) < 4.78 is 0.772. The third-order valence-corrected chi connectivity index (χ3v) is 6.31. The summed E-state index contributed by atoms with van der Waals surface area (Å²) in [5.74, 6) is -3.14. The van der Waals surface area contributed by atoms with E-state index in [4.69, 9.17) is 0 Å². The molecule has 3 rings (SSSR count). The van der Waals surface area contributed by atoms with Crippen LogP contribution in [0, 0.1) is 5.92 Å². The van der Waals surface area contributed by atoms with Gasteiger partial charge in [-0.25, -0.2) is 0 Å². The average molecular weight is 410 g/mol. The van der Waals surface area contributed by atoms with Gasteiger partial charge in [-0.1, -0.05) is 30.3 Å². The van der Waals surface area contributed by atoms with Crippen molar-refractivity contribution in [2.75, 3.05) is 13.1 Å². The molecule has 0 spiro atoms. The summed E-state index contributed by atoms with van der Waals surface area (Å²) in [6.45, 7) is 0.930. The fraction of sp³-hybridized carbons (Fsp3) is 0.294. The van der Waals surface area contributed by atoms with Crippen molar-refractivity contribution in [1.29, 1.82) is 0 Å². The molecule has 2 unspecified atom stereocenters. The van der Waals surface area contributed by atoms with Gasteiger partial charge in [0.2, 0.25) is 0 Å². The first kappa shape index (κ1) is 17.1. The van der Waals surface area contributed by atoms with Crippen LogP contribution in [0.1, 0.15) is 10.4 Å². The number of carbonyl (C=O) groups is 2. The van der Waals surface area contributed by atoms with Crippen LogP contribution in [0.5, 0.6) is 0 Å². The van der Waals surface area contributed by atoms with Crippen LogP contribution in [0.15, 0.2) is 46.3 Å². The molecule has 0 saturated carbocycles. The van der Waals surface area contributed by atoms with E-state index in [-0.39, 0.29) is 13.1 Å². The van der Waals surface area contributed by atoms with Crippen LogP contribution in [0.4, 0.5) is 0 Å². The third kappa shape index (κ3) is 2.99. The van der Waals surface area contributed by atoms with E-state index in [0.29, 0.717) is 11.4 Å². The van der Waals surface area contributed by atoms with Gasteiger partial charge in [-0.2, -0.15) is 0 Å². The van der Waals surface area contributed by atoms with E-state index < -0.39 is 23.3 Å². The number of halogens is 1. The van der Waals surface area contributed by atoms with Crippen molar-refractivity contribution < 1.29 is 19.8 Å². The Balaban J connectivity index is 1.97. The van der Waals surface area contributed by atoms with Crippen LogP contribution in [0.2, 0.25) is 0 Å². The Kier molecular flexibility index (Phi) is 4.76. The van der Waals surface area contributed by atoms with E-state index in [9.17, 15) is 19.8 Å². The highest BCUT2D eigenvalue weighted by Crippen LogP contribution is 2.44. The maximum absolute atomic E-state index is 12.1. The van der Waals surface area contributed by atoms with E-state index in [1.807, 2.05) is 35.2 Å². The van der Waals surface area contributed by atoms with Crippen molar-refractivity contribution in [2.24, 2.45) is 5.92 Å². The second-order valence-electron chi connectivity index (χ2n) is 5.95. The molecule has 7 heteroatoms. The van der Waals surface area contributed by atoms with Gasteiger partial charge in [0.1, 0.15) is 5.41 Å². The largest absolute Gasteiger partial charge is 0.481 e. The molecule has 2 atom stereocenters. The van der Waals surface area contributed by atoms with Crippen LogP contribution in [-0.2, 0) is 21.5 Å². The molecule has 24 heavy (non-hydrogen) atoms. The zero-order valence-corrected chi connectivity index (χ0v) is 15.1. The van der Waals surface area contributed by atoms with Crippen LogP contribution in [0.25, 0.3) is 0 Å². The van der Waals surface area contributed by atoms with Gasteiger partial charge >= 0.3 is 11.9 Å². The summed E-state index contributed by atoms with van der Waals surface area (Å²) in [4.78, 5) is 26.4. The van der Waals surface area contributed by atoms with Gasteiger partial charge in [-0.15, -0.1) is 11.3 Å². The normalized spacial score (nSPS) is 24.1. The fourth-order valence-corrected chi connectivity index (χ4v) is 4.98. The van der Waals surface area contributed by atoms with Gasteiger partial charge < -0.3 is 10.2 Å². The lowest BCUT2D eigenvalue weighted by Crippen LogP contribution is -2.45. The van der Waals surface area contributed by atoms with Gasteiger partial charge in [0, 0.05) is 34.4 Å². The number of hydrogen-bond donors (Lipinski definition) is 2. The number of likely N-dealkylation sites (tertiary alicyclic amines) is 1. The molecule has 1 aliphatic rings. The number of hydrogen-bond acceptors (Lipinski definition) is 4. The van der Waals surface area contributed by atoms with Crippen LogP contribution in [-0.4, -0.2) is 40.1 Å². The van der Waals surface area contributed by atoms with Crippen molar-refractivity contribution in [3.8, 4) is 0 Å². The van der Waals surface area contributed by atoms with Gasteiger partial charge in [-0.05, 0) is 27.6 Å². The quantitative estimate of drug-likeness (QED) is 0.793.